The number of nitrogens with two attached hydrogens (primary N) is 1. The van der Waals surface area contributed by atoms with E-state index in [1.54, 1.807) is 17.7 Å². The van der Waals surface area contributed by atoms with Crippen molar-refractivity contribution in [3.05, 3.63) is 16.8 Å². The van der Waals surface area contributed by atoms with Gasteiger partial charge in [0, 0.05) is 18.5 Å². The van der Waals surface area contributed by atoms with Crippen LogP contribution >= 0.6 is 11.3 Å². The highest BCUT2D eigenvalue weighted by molar-refractivity contribution is 7.18. The number of hydrogen-bond acceptors (Lipinski definition) is 5. The fourth-order valence-corrected chi connectivity index (χ4v) is 3.07. The van der Waals surface area contributed by atoms with E-state index in [-0.39, 0.29) is 0 Å². The third-order valence-electron chi connectivity index (χ3n) is 3.29. The normalized spacial score (nSPS) is 12.9. The van der Waals surface area contributed by atoms with Gasteiger partial charge < -0.3 is 10.6 Å². The monoisotopic (exact) mass is 264 g/mol. The Labute approximate surface area is 112 Å². The first-order valence-corrected chi connectivity index (χ1v) is 6.98. The van der Waals surface area contributed by atoms with Gasteiger partial charge in [-0.05, 0) is 31.9 Å². The molecule has 2 rings (SSSR count). The molecule has 1 unspecified atom stereocenters. The summed E-state index contributed by atoms with van der Waals surface area (Å²) in [6.45, 7) is 8.03. The highest BCUT2D eigenvalue weighted by Crippen LogP contribution is 2.33. The molecule has 0 aliphatic carbocycles. The number of aryl methyl sites for hydroxylation is 2. The number of hydrogen-bond donors (Lipinski definition) is 1. The van der Waals surface area contributed by atoms with Crippen molar-refractivity contribution in [2.75, 3.05) is 25.0 Å². The van der Waals surface area contributed by atoms with Gasteiger partial charge >= 0.3 is 0 Å². The first-order valence-electron chi connectivity index (χ1n) is 6.16. The van der Waals surface area contributed by atoms with Crippen molar-refractivity contribution in [3.63, 3.8) is 0 Å². The molecule has 0 aromatic carbocycles. The minimum absolute atomic E-state index is 0.458. The summed E-state index contributed by atoms with van der Waals surface area (Å²) >= 11 is 1.73. The summed E-state index contributed by atoms with van der Waals surface area (Å²) in [6, 6.07) is 0. The number of fused-ring (bicyclic) bond motifs is 1. The Hall–Kier alpha value is -1.20. The summed E-state index contributed by atoms with van der Waals surface area (Å²) in [5.41, 5.74) is 6.98. The highest BCUT2D eigenvalue weighted by atomic mass is 32.1. The lowest BCUT2D eigenvalue weighted by Crippen LogP contribution is -2.29. The zero-order valence-electron chi connectivity index (χ0n) is 11.4. The Bertz CT molecular complexity index is 549. The lowest BCUT2D eigenvalue weighted by Gasteiger charge is -2.22. The van der Waals surface area contributed by atoms with Crippen molar-refractivity contribution in [2.45, 2.75) is 20.8 Å². The number of rotatable bonds is 4. The van der Waals surface area contributed by atoms with Crippen LogP contribution in [0.1, 0.15) is 17.4 Å². The van der Waals surface area contributed by atoms with Gasteiger partial charge in [-0.3, -0.25) is 0 Å². The molecule has 0 spiro atoms. The standard InChI is InChI=1S/C13H20N4S/c1-8(5-14)6-17(4)12-11-9(2)10(3)18-13(11)16-7-15-12/h7-8H,5-6,14H2,1-4H3. The first-order chi connectivity index (χ1) is 8.54. The molecule has 0 saturated heterocycles. The average Bonchev–Trinajstić information content (AvgIpc) is 2.65. The molecular formula is C13H20N4S. The zero-order chi connectivity index (χ0) is 13.3. The van der Waals surface area contributed by atoms with Crippen molar-refractivity contribution < 1.29 is 0 Å². The third kappa shape index (κ3) is 2.33. The van der Waals surface area contributed by atoms with Crippen molar-refractivity contribution in [1.29, 1.82) is 0 Å². The van der Waals surface area contributed by atoms with Gasteiger partial charge in [0.25, 0.3) is 0 Å². The second-order valence-electron chi connectivity index (χ2n) is 4.88. The summed E-state index contributed by atoms with van der Waals surface area (Å²) < 4.78 is 0. The quantitative estimate of drug-likeness (QED) is 0.921. The number of aromatic nitrogens is 2. The van der Waals surface area contributed by atoms with E-state index in [9.17, 15) is 0 Å². The summed E-state index contributed by atoms with van der Waals surface area (Å²) in [5, 5.41) is 1.19. The molecule has 2 aromatic rings. The van der Waals surface area contributed by atoms with Crippen LogP contribution in [0.4, 0.5) is 5.82 Å². The molecule has 5 heteroatoms. The maximum atomic E-state index is 5.69. The Morgan fingerprint density at radius 1 is 1.39 bits per heavy atom. The van der Waals surface area contributed by atoms with Gasteiger partial charge in [0.15, 0.2) is 0 Å². The number of thiophene rings is 1. The fourth-order valence-electron chi connectivity index (χ4n) is 2.08. The Kier molecular flexibility index (Phi) is 3.82. The van der Waals surface area contributed by atoms with Crippen molar-refractivity contribution in [1.82, 2.24) is 9.97 Å². The van der Waals surface area contributed by atoms with Crippen LogP contribution in [0.25, 0.3) is 10.2 Å². The topological polar surface area (TPSA) is 55.0 Å². The van der Waals surface area contributed by atoms with Gasteiger partial charge in [0.2, 0.25) is 0 Å². The predicted molar refractivity (Wildman–Crippen MR) is 78.4 cm³/mol. The molecule has 18 heavy (non-hydrogen) atoms. The fraction of sp³-hybridized carbons (Fsp3) is 0.538. The van der Waals surface area contributed by atoms with Crippen LogP contribution in [-0.2, 0) is 0 Å². The molecule has 2 heterocycles. The van der Waals surface area contributed by atoms with E-state index in [0.29, 0.717) is 12.5 Å². The first kappa shape index (κ1) is 13.2. The molecule has 2 N–H and O–H groups in total. The van der Waals surface area contributed by atoms with E-state index in [4.69, 9.17) is 5.73 Å². The number of nitrogens with zero attached hydrogens (tertiary/aromatic N) is 3. The smallest absolute Gasteiger partial charge is 0.140 e. The second kappa shape index (κ2) is 5.20. The summed E-state index contributed by atoms with van der Waals surface area (Å²) in [7, 11) is 2.07. The van der Waals surface area contributed by atoms with Gasteiger partial charge in [-0.15, -0.1) is 11.3 Å². The molecule has 0 aliphatic heterocycles. The maximum absolute atomic E-state index is 5.69. The van der Waals surface area contributed by atoms with Gasteiger partial charge in [0.05, 0.1) is 5.39 Å². The Morgan fingerprint density at radius 2 is 2.11 bits per heavy atom. The molecule has 98 valence electrons. The minimum Gasteiger partial charge on any atom is -0.359 e. The van der Waals surface area contributed by atoms with Crippen LogP contribution < -0.4 is 10.6 Å². The van der Waals surface area contributed by atoms with E-state index in [0.717, 1.165) is 17.2 Å². The number of anilines is 1. The van der Waals surface area contributed by atoms with Crippen molar-refractivity contribution >= 4 is 27.4 Å². The van der Waals surface area contributed by atoms with Gasteiger partial charge in [-0.2, -0.15) is 0 Å². The summed E-state index contributed by atoms with van der Waals surface area (Å²) in [6.07, 6.45) is 1.65. The van der Waals surface area contributed by atoms with Crippen LogP contribution in [-0.4, -0.2) is 30.1 Å². The van der Waals surface area contributed by atoms with Crippen LogP contribution in [0, 0.1) is 19.8 Å². The van der Waals surface area contributed by atoms with E-state index in [1.807, 2.05) is 0 Å². The molecule has 0 aliphatic rings. The molecule has 0 radical (unpaired) electrons. The molecule has 4 nitrogen and oxygen atoms in total. The minimum atomic E-state index is 0.458. The highest BCUT2D eigenvalue weighted by Gasteiger charge is 2.15. The average molecular weight is 264 g/mol. The van der Waals surface area contributed by atoms with Crippen molar-refractivity contribution in [3.8, 4) is 0 Å². The molecule has 0 bridgehead atoms. The molecule has 0 fully saturated rings. The molecule has 1 atom stereocenters. The Morgan fingerprint density at radius 3 is 2.78 bits per heavy atom. The summed E-state index contributed by atoms with van der Waals surface area (Å²) in [4.78, 5) is 13.4. The lowest BCUT2D eigenvalue weighted by molar-refractivity contribution is 0.588. The zero-order valence-corrected chi connectivity index (χ0v) is 12.2. The van der Waals surface area contributed by atoms with E-state index < -0.39 is 0 Å². The maximum Gasteiger partial charge on any atom is 0.140 e. The summed E-state index contributed by atoms with van der Waals surface area (Å²) in [5.74, 6) is 1.47. The van der Waals surface area contributed by atoms with Crippen molar-refractivity contribution in [2.24, 2.45) is 11.7 Å². The van der Waals surface area contributed by atoms with Crippen LogP contribution in [0.2, 0.25) is 0 Å². The van der Waals surface area contributed by atoms with Crippen LogP contribution in [0.15, 0.2) is 6.33 Å². The predicted octanol–water partition coefficient (Wildman–Crippen LogP) is 2.34. The van der Waals surface area contributed by atoms with Crippen LogP contribution in [0.3, 0.4) is 0 Å². The van der Waals surface area contributed by atoms with Gasteiger partial charge in [-0.25, -0.2) is 9.97 Å². The molecule has 2 aromatic heterocycles. The van der Waals surface area contributed by atoms with Crippen LogP contribution in [0.5, 0.6) is 0 Å². The largest absolute Gasteiger partial charge is 0.359 e. The Balaban J connectivity index is 2.44. The van der Waals surface area contributed by atoms with Gasteiger partial charge in [-0.1, -0.05) is 6.92 Å². The molecule has 0 saturated carbocycles. The second-order valence-corrected chi connectivity index (χ2v) is 6.09. The SMILES string of the molecule is Cc1sc2ncnc(N(C)CC(C)CN)c2c1C. The molecular weight excluding hydrogens is 244 g/mol. The third-order valence-corrected chi connectivity index (χ3v) is 4.41. The van der Waals surface area contributed by atoms with E-state index in [2.05, 4.69) is 42.7 Å². The van der Waals surface area contributed by atoms with Gasteiger partial charge in [0.1, 0.15) is 17.0 Å². The van der Waals surface area contributed by atoms with E-state index in [1.165, 1.54) is 15.8 Å². The van der Waals surface area contributed by atoms with E-state index >= 15 is 0 Å². The molecule has 0 amide bonds. The lowest BCUT2D eigenvalue weighted by atomic mass is 10.1.